The summed E-state index contributed by atoms with van der Waals surface area (Å²) in [6.45, 7) is 4.21. The maximum atomic E-state index is 12.6. The minimum absolute atomic E-state index is 0.252. The number of fused-ring (bicyclic) bond motifs is 4. The second-order valence-electron chi connectivity index (χ2n) is 8.89. The van der Waals surface area contributed by atoms with Crippen molar-refractivity contribution in [2.24, 2.45) is 0 Å². The fraction of sp³-hybridized carbons (Fsp3) is 0.100. The van der Waals surface area contributed by atoms with E-state index in [2.05, 4.69) is 49.2 Å². The van der Waals surface area contributed by atoms with Gasteiger partial charge in [0.2, 0.25) is 0 Å². The molecule has 0 radical (unpaired) electrons. The van der Waals surface area contributed by atoms with E-state index in [0.29, 0.717) is 11.4 Å². The first kappa shape index (κ1) is 21.1. The van der Waals surface area contributed by atoms with Crippen molar-refractivity contribution in [1.29, 1.82) is 0 Å². The predicted molar refractivity (Wildman–Crippen MR) is 141 cm³/mol. The number of H-pyrrole nitrogens is 1. The van der Waals surface area contributed by atoms with Crippen molar-refractivity contribution >= 4 is 38.7 Å². The van der Waals surface area contributed by atoms with Crippen molar-refractivity contribution in [3.05, 3.63) is 95.7 Å². The molecule has 0 aliphatic carbocycles. The van der Waals surface area contributed by atoms with Gasteiger partial charge in [0.25, 0.3) is 0 Å². The molecule has 35 heavy (non-hydrogen) atoms. The van der Waals surface area contributed by atoms with E-state index in [0.717, 1.165) is 43.8 Å². The number of pyridine rings is 2. The van der Waals surface area contributed by atoms with Crippen molar-refractivity contribution in [1.82, 2.24) is 15.0 Å². The molecule has 6 rings (SSSR count). The van der Waals surface area contributed by atoms with Gasteiger partial charge in [-0.05, 0) is 49.2 Å². The number of aryl methyl sites for hydroxylation is 2. The number of aromatic amines is 1. The highest BCUT2D eigenvalue weighted by atomic mass is 16.5. The summed E-state index contributed by atoms with van der Waals surface area (Å²) in [6.07, 6.45) is 0. The van der Waals surface area contributed by atoms with Crippen molar-refractivity contribution in [2.45, 2.75) is 13.8 Å². The minimum Gasteiger partial charge on any atom is -0.464 e. The van der Waals surface area contributed by atoms with E-state index in [-0.39, 0.29) is 5.69 Å². The zero-order valence-electron chi connectivity index (χ0n) is 19.7. The number of rotatable bonds is 3. The highest BCUT2D eigenvalue weighted by Gasteiger charge is 2.19. The number of hydrogen-bond acceptors (Lipinski definition) is 4. The average molecular weight is 458 g/mol. The molecule has 0 unspecified atom stereocenters. The zero-order chi connectivity index (χ0) is 24.1. The number of hydrogen-bond donors (Lipinski definition) is 1. The second kappa shape index (κ2) is 8.06. The van der Waals surface area contributed by atoms with Crippen LogP contribution in [0, 0.1) is 13.8 Å². The van der Waals surface area contributed by atoms with Gasteiger partial charge in [0.1, 0.15) is 11.4 Å². The molecule has 0 aliphatic heterocycles. The first-order valence-corrected chi connectivity index (χ1v) is 11.5. The number of ether oxygens (including phenoxy) is 1. The lowest BCUT2D eigenvalue weighted by molar-refractivity contribution is 0.0594. The Morgan fingerprint density at radius 2 is 1.51 bits per heavy atom. The molecule has 0 bridgehead atoms. The van der Waals surface area contributed by atoms with Crippen molar-refractivity contribution in [2.75, 3.05) is 7.11 Å². The molecule has 0 spiro atoms. The minimum atomic E-state index is -0.478. The quantitative estimate of drug-likeness (QED) is 0.291. The molecule has 0 amide bonds. The van der Waals surface area contributed by atoms with Crippen LogP contribution >= 0.6 is 0 Å². The number of benzene rings is 3. The number of para-hydroxylation sites is 2. The molecule has 0 saturated carbocycles. The van der Waals surface area contributed by atoms with Gasteiger partial charge in [0.15, 0.2) is 0 Å². The summed E-state index contributed by atoms with van der Waals surface area (Å²) in [5, 5.41) is 3.00. The maximum absolute atomic E-state index is 12.6. The molecule has 170 valence electrons. The SMILES string of the molecule is COC(=O)c1cc2c([nH]c3ccccc32)c(-c2cc(-c3cc(C)cc(C)c3)c3ccccc3n2)n1. The third-order valence-corrected chi connectivity index (χ3v) is 6.38. The van der Waals surface area contributed by atoms with Gasteiger partial charge >= 0.3 is 5.97 Å². The van der Waals surface area contributed by atoms with Gasteiger partial charge in [-0.3, -0.25) is 0 Å². The molecule has 5 heteroatoms. The van der Waals surface area contributed by atoms with E-state index in [1.807, 2.05) is 42.5 Å². The first-order valence-electron chi connectivity index (χ1n) is 11.5. The summed E-state index contributed by atoms with van der Waals surface area (Å²) >= 11 is 0. The molecule has 5 nitrogen and oxygen atoms in total. The van der Waals surface area contributed by atoms with E-state index < -0.39 is 5.97 Å². The number of methoxy groups -OCH3 is 1. The second-order valence-corrected chi connectivity index (χ2v) is 8.89. The molecule has 0 aliphatic rings. The van der Waals surface area contributed by atoms with Crippen LogP contribution in [0.25, 0.3) is 55.2 Å². The molecule has 0 atom stereocenters. The largest absolute Gasteiger partial charge is 0.464 e. The van der Waals surface area contributed by atoms with Crippen LogP contribution in [0.3, 0.4) is 0 Å². The van der Waals surface area contributed by atoms with Gasteiger partial charge in [0, 0.05) is 21.7 Å². The monoisotopic (exact) mass is 457 g/mol. The summed E-state index contributed by atoms with van der Waals surface area (Å²) in [4.78, 5) is 25.8. The number of carbonyl (C=O) groups is 1. The number of nitrogens with one attached hydrogen (secondary N) is 1. The van der Waals surface area contributed by atoms with Crippen LogP contribution in [-0.4, -0.2) is 28.0 Å². The molecule has 3 aromatic heterocycles. The van der Waals surface area contributed by atoms with E-state index >= 15 is 0 Å². The van der Waals surface area contributed by atoms with Gasteiger partial charge in [-0.25, -0.2) is 14.8 Å². The molecule has 1 N–H and O–H groups in total. The number of nitrogens with zero attached hydrogens (tertiary/aromatic N) is 2. The van der Waals surface area contributed by atoms with Gasteiger partial charge < -0.3 is 9.72 Å². The highest BCUT2D eigenvalue weighted by Crippen LogP contribution is 2.36. The summed E-state index contributed by atoms with van der Waals surface area (Å²) in [6, 6.07) is 26.6. The van der Waals surface area contributed by atoms with Gasteiger partial charge in [-0.2, -0.15) is 0 Å². The van der Waals surface area contributed by atoms with Gasteiger partial charge in [0.05, 0.1) is 23.8 Å². The molecule has 0 saturated heterocycles. The lowest BCUT2D eigenvalue weighted by atomic mass is 9.96. The van der Waals surface area contributed by atoms with E-state index in [1.165, 1.54) is 18.2 Å². The fourth-order valence-electron chi connectivity index (χ4n) is 4.91. The van der Waals surface area contributed by atoms with Crippen LogP contribution in [0.4, 0.5) is 0 Å². The highest BCUT2D eigenvalue weighted by molar-refractivity contribution is 6.13. The third kappa shape index (κ3) is 3.53. The Hall–Kier alpha value is -4.51. The average Bonchev–Trinajstić information content (AvgIpc) is 3.25. The van der Waals surface area contributed by atoms with E-state index in [9.17, 15) is 4.79 Å². The standard InChI is InChI=1S/C30H23N3O2/c1-17-12-18(2)14-19(13-17)22-15-26(31-24-10-6-4-8-20(22)24)29-28-23(16-27(33-29)30(34)35-3)21-9-5-7-11-25(21)32-28/h4-16,32H,1-3H3. The Labute approximate surface area is 202 Å². The molecular formula is C30H23N3O2. The van der Waals surface area contributed by atoms with Crippen LogP contribution in [0.1, 0.15) is 21.6 Å². The Balaban J connectivity index is 1.71. The number of aromatic nitrogens is 3. The Morgan fingerprint density at radius 3 is 2.29 bits per heavy atom. The lowest BCUT2D eigenvalue weighted by Gasteiger charge is -2.12. The van der Waals surface area contributed by atoms with Gasteiger partial charge in [-0.1, -0.05) is 65.7 Å². The summed E-state index contributed by atoms with van der Waals surface area (Å²) in [5.41, 5.74) is 8.85. The van der Waals surface area contributed by atoms with Crippen LogP contribution in [0.2, 0.25) is 0 Å². The Kier molecular flexibility index (Phi) is 4.85. The summed E-state index contributed by atoms with van der Waals surface area (Å²) < 4.78 is 5.02. The third-order valence-electron chi connectivity index (χ3n) is 6.38. The first-order chi connectivity index (χ1) is 17.0. The van der Waals surface area contributed by atoms with Crippen LogP contribution in [0.15, 0.2) is 78.9 Å². The lowest BCUT2D eigenvalue weighted by Crippen LogP contribution is -2.05. The zero-order valence-corrected chi connectivity index (χ0v) is 19.7. The smallest absolute Gasteiger partial charge is 0.356 e. The van der Waals surface area contributed by atoms with E-state index in [1.54, 1.807) is 6.07 Å². The molecule has 3 heterocycles. The normalized spacial score (nSPS) is 11.4. The van der Waals surface area contributed by atoms with Crippen LogP contribution < -0.4 is 0 Å². The summed E-state index contributed by atoms with van der Waals surface area (Å²) in [7, 11) is 1.37. The number of carbonyl (C=O) groups excluding carboxylic acids is 1. The molecule has 0 fully saturated rings. The molecular weight excluding hydrogens is 434 g/mol. The predicted octanol–water partition coefficient (Wildman–Crippen LogP) is 7.00. The Bertz CT molecular complexity index is 1760. The van der Waals surface area contributed by atoms with E-state index in [4.69, 9.17) is 14.7 Å². The topological polar surface area (TPSA) is 67.9 Å². The van der Waals surface area contributed by atoms with Crippen LogP contribution in [-0.2, 0) is 4.74 Å². The van der Waals surface area contributed by atoms with Crippen molar-refractivity contribution in [3.8, 4) is 22.5 Å². The molecule has 6 aromatic rings. The summed E-state index contributed by atoms with van der Waals surface area (Å²) in [5.74, 6) is -0.478. The fourth-order valence-corrected chi connectivity index (χ4v) is 4.91. The number of esters is 1. The molecule has 3 aromatic carbocycles. The maximum Gasteiger partial charge on any atom is 0.356 e. The van der Waals surface area contributed by atoms with Crippen molar-refractivity contribution in [3.63, 3.8) is 0 Å². The Morgan fingerprint density at radius 1 is 0.800 bits per heavy atom. The van der Waals surface area contributed by atoms with Crippen LogP contribution in [0.5, 0.6) is 0 Å². The van der Waals surface area contributed by atoms with Crippen molar-refractivity contribution < 1.29 is 9.53 Å². The van der Waals surface area contributed by atoms with Gasteiger partial charge in [-0.15, -0.1) is 0 Å².